The Hall–Kier alpha value is -0.910. The minimum absolute atomic E-state index is 0.0377. The summed E-state index contributed by atoms with van der Waals surface area (Å²) in [6.45, 7) is 0. The second-order valence-corrected chi connectivity index (χ2v) is 3.36. The van der Waals surface area contributed by atoms with Crippen LogP contribution in [0.2, 0.25) is 10.0 Å². The molecule has 0 aromatic heterocycles. The van der Waals surface area contributed by atoms with Gasteiger partial charge in [-0.3, -0.25) is 0 Å². The Balaban J connectivity index is 3.00. The van der Waals surface area contributed by atoms with Gasteiger partial charge in [-0.2, -0.15) is 5.26 Å². The van der Waals surface area contributed by atoms with Gasteiger partial charge in [-0.1, -0.05) is 23.2 Å². The molecule has 1 rings (SSSR count). The molecular formula is C9H7Cl2NO. The highest BCUT2D eigenvalue weighted by atomic mass is 35.5. The van der Waals surface area contributed by atoms with Crippen molar-refractivity contribution in [3.63, 3.8) is 0 Å². The summed E-state index contributed by atoms with van der Waals surface area (Å²) in [4.78, 5) is 0. The predicted octanol–water partition coefficient (Wildman–Crippen LogP) is 3.16. The first-order valence-corrected chi connectivity index (χ1v) is 4.44. The van der Waals surface area contributed by atoms with Crippen LogP contribution in [0.5, 0.6) is 5.75 Å². The maximum Gasteiger partial charge on any atom is 0.118 e. The van der Waals surface area contributed by atoms with Crippen LogP contribution in [-0.2, 0) is 6.42 Å². The molecule has 0 spiro atoms. The molecule has 0 unspecified atom stereocenters. The molecule has 0 radical (unpaired) electrons. The lowest BCUT2D eigenvalue weighted by Gasteiger charge is -2.04. The number of halogens is 2. The van der Waals surface area contributed by atoms with E-state index in [1.165, 1.54) is 12.1 Å². The Bertz CT molecular complexity index is 334. The summed E-state index contributed by atoms with van der Waals surface area (Å²) in [5.41, 5.74) is 0.711. The fourth-order valence-electron chi connectivity index (χ4n) is 1.01. The largest absolute Gasteiger partial charge is 0.508 e. The first-order chi connectivity index (χ1) is 6.15. The summed E-state index contributed by atoms with van der Waals surface area (Å²) in [5.74, 6) is 0.0377. The standard InChI is InChI=1S/C9H7Cl2NO/c10-8-4-6(13)5-9(11)7(8)2-1-3-12/h4-5,13H,1-2H2. The Morgan fingerprint density at radius 1 is 1.31 bits per heavy atom. The number of nitrogens with zero attached hydrogens (tertiary/aromatic N) is 1. The van der Waals surface area contributed by atoms with Crippen LogP contribution < -0.4 is 0 Å². The lowest BCUT2D eigenvalue weighted by atomic mass is 10.1. The second-order valence-electron chi connectivity index (χ2n) is 2.55. The second kappa shape index (κ2) is 4.36. The normalized spacial score (nSPS) is 9.62. The van der Waals surface area contributed by atoms with Gasteiger partial charge in [0.15, 0.2) is 0 Å². The zero-order chi connectivity index (χ0) is 9.84. The van der Waals surface area contributed by atoms with Gasteiger partial charge in [0.05, 0.1) is 6.07 Å². The number of aromatic hydroxyl groups is 1. The molecule has 0 amide bonds. The average Bonchev–Trinajstić information content (AvgIpc) is 2.02. The fourth-order valence-corrected chi connectivity index (χ4v) is 1.67. The molecule has 1 N–H and O–H groups in total. The van der Waals surface area contributed by atoms with Gasteiger partial charge in [0.25, 0.3) is 0 Å². The van der Waals surface area contributed by atoms with Crippen LogP contribution in [0.3, 0.4) is 0 Å². The monoisotopic (exact) mass is 215 g/mol. The lowest BCUT2D eigenvalue weighted by molar-refractivity contribution is 0.475. The fraction of sp³-hybridized carbons (Fsp3) is 0.222. The topological polar surface area (TPSA) is 44.0 Å². The van der Waals surface area contributed by atoms with Crippen LogP contribution in [0.15, 0.2) is 12.1 Å². The first kappa shape index (κ1) is 10.2. The molecule has 0 atom stereocenters. The minimum atomic E-state index is 0.0377. The maximum absolute atomic E-state index is 9.11. The molecule has 0 saturated heterocycles. The van der Waals surface area contributed by atoms with Gasteiger partial charge in [0.1, 0.15) is 5.75 Å². The van der Waals surface area contributed by atoms with Crippen molar-refractivity contribution in [1.82, 2.24) is 0 Å². The number of rotatable bonds is 2. The van der Waals surface area contributed by atoms with E-state index in [1.807, 2.05) is 6.07 Å². The summed E-state index contributed by atoms with van der Waals surface area (Å²) >= 11 is 11.6. The van der Waals surface area contributed by atoms with Crippen LogP contribution in [0.1, 0.15) is 12.0 Å². The molecule has 0 saturated carbocycles. The van der Waals surface area contributed by atoms with Crippen LogP contribution in [0, 0.1) is 11.3 Å². The van der Waals surface area contributed by atoms with Crippen LogP contribution in [0.4, 0.5) is 0 Å². The number of benzene rings is 1. The minimum Gasteiger partial charge on any atom is -0.508 e. The van der Waals surface area contributed by atoms with E-state index in [0.29, 0.717) is 28.5 Å². The van der Waals surface area contributed by atoms with Crippen LogP contribution in [0.25, 0.3) is 0 Å². The van der Waals surface area contributed by atoms with Crippen LogP contribution >= 0.6 is 23.2 Å². The van der Waals surface area contributed by atoms with Gasteiger partial charge in [0, 0.05) is 16.5 Å². The van der Waals surface area contributed by atoms with Gasteiger partial charge in [0.2, 0.25) is 0 Å². The molecule has 2 nitrogen and oxygen atoms in total. The van der Waals surface area contributed by atoms with Crippen molar-refractivity contribution in [3.8, 4) is 11.8 Å². The van der Waals surface area contributed by atoms with E-state index >= 15 is 0 Å². The van der Waals surface area contributed by atoms with Crippen LogP contribution in [-0.4, -0.2) is 5.11 Å². The highest BCUT2D eigenvalue weighted by molar-refractivity contribution is 6.36. The Morgan fingerprint density at radius 3 is 2.31 bits per heavy atom. The van der Waals surface area contributed by atoms with Crippen molar-refractivity contribution in [2.24, 2.45) is 0 Å². The first-order valence-electron chi connectivity index (χ1n) is 3.69. The number of phenolic OH excluding ortho intramolecular Hbond substituents is 1. The van der Waals surface area contributed by atoms with Crippen molar-refractivity contribution >= 4 is 23.2 Å². The number of hydrogen-bond donors (Lipinski definition) is 1. The van der Waals surface area contributed by atoms with Gasteiger partial charge in [-0.15, -0.1) is 0 Å². The van der Waals surface area contributed by atoms with Crippen molar-refractivity contribution in [2.75, 3.05) is 0 Å². The molecular weight excluding hydrogens is 209 g/mol. The molecule has 1 aromatic rings. The molecule has 13 heavy (non-hydrogen) atoms. The Labute approximate surface area is 86.3 Å². The van der Waals surface area contributed by atoms with Crippen molar-refractivity contribution in [1.29, 1.82) is 5.26 Å². The molecule has 0 aliphatic heterocycles. The highest BCUT2D eigenvalue weighted by Gasteiger charge is 2.07. The quantitative estimate of drug-likeness (QED) is 0.824. The third-order valence-corrected chi connectivity index (χ3v) is 2.29. The molecule has 1 aromatic carbocycles. The van der Waals surface area contributed by atoms with Crippen molar-refractivity contribution in [2.45, 2.75) is 12.8 Å². The molecule has 0 bridgehead atoms. The molecule has 0 aliphatic rings. The summed E-state index contributed by atoms with van der Waals surface area (Å²) < 4.78 is 0. The van der Waals surface area contributed by atoms with E-state index in [0.717, 1.165) is 0 Å². The van der Waals surface area contributed by atoms with E-state index in [4.69, 9.17) is 33.6 Å². The number of nitriles is 1. The molecule has 0 fully saturated rings. The van der Waals surface area contributed by atoms with Gasteiger partial charge >= 0.3 is 0 Å². The van der Waals surface area contributed by atoms with Gasteiger partial charge < -0.3 is 5.11 Å². The van der Waals surface area contributed by atoms with E-state index in [-0.39, 0.29) is 5.75 Å². The number of phenols is 1. The molecule has 68 valence electrons. The lowest BCUT2D eigenvalue weighted by Crippen LogP contribution is -1.87. The van der Waals surface area contributed by atoms with E-state index in [1.54, 1.807) is 0 Å². The van der Waals surface area contributed by atoms with E-state index in [9.17, 15) is 0 Å². The predicted molar refractivity (Wildman–Crippen MR) is 52.1 cm³/mol. The third-order valence-electron chi connectivity index (χ3n) is 1.61. The summed E-state index contributed by atoms with van der Waals surface area (Å²) in [6, 6.07) is 4.84. The summed E-state index contributed by atoms with van der Waals surface area (Å²) in [5, 5.41) is 18.3. The smallest absolute Gasteiger partial charge is 0.118 e. The van der Waals surface area contributed by atoms with Crippen molar-refractivity contribution < 1.29 is 5.11 Å². The molecule has 4 heteroatoms. The zero-order valence-corrected chi connectivity index (χ0v) is 8.23. The molecule has 0 heterocycles. The van der Waals surface area contributed by atoms with Crippen molar-refractivity contribution in [3.05, 3.63) is 27.7 Å². The zero-order valence-electron chi connectivity index (χ0n) is 6.72. The Morgan fingerprint density at radius 2 is 1.85 bits per heavy atom. The molecule has 0 aliphatic carbocycles. The Kier molecular flexibility index (Phi) is 3.41. The third kappa shape index (κ3) is 2.51. The van der Waals surface area contributed by atoms with Gasteiger partial charge in [-0.05, 0) is 24.1 Å². The van der Waals surface area contributed by atoms with Gasteiger partial charge in [-0.25, -0.2) is 0 Å². The van der Waals surface area contributed by atoms with E-state index in [2.05, 4.69) is 0 Å². The maximum atomic E-state index is 9.11. The summed E-state index contributed by atoms with van der Waals surface area (Å²) in [7, 11) is 0. The van der Waals surface area contributed by atoms with E-state index < -0.39 is 0 Å². The SMILES string of the molecule is N#CCCc1c(Cl)cc(O)cc1Cl. The number of hydrogen-bond acceptors (Lipinski definition) is 2. The highest BCUT2D eigenvalue weighted by Crippen LogP contribution is 2.30. The summed E-state index contributed by atoms with van der Waals surface area (Å²) in [6.07, 6.45) is 0.874. The average molecular weight is 216 g/mol.